The molecule has 1 aromatic carbocycles. The van der Waals surface area contributed by atoms with E-state index in [-0.39, 0.29) is 24.0 Å². The second kappa shape index (κ2) is 7.63. The van der Waals surface area contributed by atoms with Crippen LogP contribution in [0.3, 0.4) is 0 Å². The first-order valence-corrected chi connectivity index (χ1v) is 8.77. The molecule has 0 aliphatic carbocycles. The summed E-state index contributed by atoms with van der Waals surface area (Å²) >= 11 is 0. The molecule has 0 saturated heterocycles. The quantitative estimate of drug-likeness (QED) is 0.585. The number of hydrogen-bond acceptors (Lipinski definition) is 6. The summed E-state index contributed by atoms with van der Waals surface area (Å²) in [6.45, 7) is 4.35. The van der Waals surface area contributed by atoms with Gasteiger partial charge in [-0.25, -0.2) is 4.68 Å². The van der Waals surface area contributed by atoms with Gasteiger partial charge < -0.3 is 21.3 Å². The molecule has 3 aromatic rings. The van der Waals surface area contributed by atoms with E-state index < -0.39 is 5.91 Å². The molecule has 3 rings (SSSR count). The van der Waals surface area contributed by atoms with E-state index in [0.717, 1.165) is 16.7 Å². The number of aromatic nitrogens is 3. The summed E-state index contributed by atoms with van der Waals surface area (Å²) in [5, 5.41) is 14.5. The molecule has 1 unspecified atom stereocenters. The highest BCUT2D eigenvalue weighted by atomic mass is 16.5. The number of amides is 1. The summed E-state index contributed by atoms with van der Waals surface area (Å²) in [7, 11) is 0. The summed E-state index contributed by atoms with van der Waals surface area (Å²) < 4.78 is 7.02. The Morgan fingerprint density at radius 1 is 1.37 bits per heavy atom. The van der Waals surface area contributed by atoms with Crippen molar-refractivity contribution < 1.29 is 14.6 Å². The standard InChI is InChI=1S/C19H23N5O3/c1-3-27-14-5-4-12-8-13(10-22-15(12)9-14)17-16(19(21)26)18(20)24(23-17)11(2)6-7-25/h4-5,8-11,25H,3,6-7,20H2,1-2H3,(H2,21,26). The van der Waals surface area contributed by atoms with Gasteiger partial charge in [-0.2, -0.15) is 5.10 Å². The second-order valence-electron chi connectivity index (χ2n) is 6.29. The fourth-order valence-electron chi connectivity index (χ4n) is 3.02. The lowest BCUT2D eigenvalue weighted by Gasteiger charge is -2.12. The van der Waals surface area contributed by atoms with Crippen LogP contribution in [0.25, 0.3) is 22.2 Å². The van der Waals surface area contributed by atoms with Crippen molar-refractivity contribution in [3.8, 4) is 17.0 Å². The number of rotatable bonds is 7. The smallest absolute Gasteiger partial charge is 0.254 e. The first-order valence-electron chi connectivity index (χ1n) is 8.77. The minimum Gasteiger partial charge on any atom is -0.494 e. The Morgan fingerprint density at radius 2 is 2.15 bits per heavy atom. The molecule has 5 N–H and O–H groups in total. The number of primary amides is 1. The molecule has 2 heterocycles. The van der Waals surface area contributed by atoms with Crippen molar-refractivity contribution in [1.29, 1.82) is 0 Å². The number of hydrogen-bond donors (Lipinski definition) is 3. The minimum atomic E-state index is -0.656. The van der Waals surface area contributed by atoms with Crippen molar-refractivity contribution in [2.24, 2.45) is 5.73 Å². The molecule has 0 spiro atoms. The zero-order chi connectivity index (χ0) is 19.6. The number of fused-ring (bicyclic) bond motifs is 1. The van der Waals surface area contributed by atoms with Gasteiger partial charge in [-0.15, -0.1) is 0 Å². The van der Waals surface area contributed by atoms with Gasteiger partial charge in [0.1, 0.15) is 22.8 Å². The third kappa shape index (κ3) is 3.56. The van der Waals surface area contributed by atoms with Crippen molar-refractivity contribution in [2.75, 3.05) is 18.9 Å². The lowest BCUT2D eigenvalue weighted by Crippen LogP contribution is -2.16. The summed E-state index contributed by atoms with van der Waals surface area (Å²) in [6.07, 6.45) is 2.09. The van der Waals surface area contributed by atoms with Gasteiger partial charge in [-0.1, -0.05) is 0 Å². The number of benzene rings is 1. The number of nitrogens with zero attached hydrogens (tertiary/aromatic N) is 3. The molecule has 27 heavy (non-hydrogen) atoms. The maximum absolute atomic E-state index is 12.0. The fraction of sp³-hybridized carbons (Fsp3) is 0.316. The number of aliphatic hydroxyl groups is 1. The number of anilines is 1. The Morgan fingerprint density at radius 3 is 2.81 bits per heavy atom. The number of aliphatic hydroxyl groups excluding tert-OH is 1. The third-order valence-corrected chi connectivity index (χ3v) is 4.40. The van der Waals surface area contributed by atoms with Crippen LogP contribution in [0.4, 0.5) is 5.82 Å². The Bertz CT molecular complexity index is 983. The van der Waals surface area contributed by atoms with Crippen LogP contribution < -0.4 is 16.2 Å². The molecule has 0 aliphatic heterocycles. The Hall–Kier alpha value is -3.13. The molecule has 0 bridgehead atoms. The van der Waals surface area contributed by atoms with Gasteiger partial charge >= 0.3 is 0 Å². The van der Waals surface area contributed by atoms with Crippen molar-refractivity contribution in [3.05, 3.63) is 36.0 Å². The maximum atomic E-state index is 12.0. The zero-order valence-corrected chi connectivity index (χ0v) is 15.3. The molecule has 1 atom stereocenters. The van der Waals surface area contributed by atoms with Crippen LogP contribution in [0.5, 0.6) is 5.75 Å². The van der Waals surface area contributed by atoms with Crippen molar-refractivity contribution >= 4 is 22.6 Å². The van der Waals surface area contributed by atoms with Crippen LogP contribution in [-0.2, 0) is 0 Å². The van der Waals surface area contributed by atoms with E-state index in [1.807, 2.05) is 38.1 Å². The Labute approximate surface area is 156 Å². The van der Waals surface area contributed by atoms with Gasteiger partial charge in [-0.05, 0) is 38.5 Å². The maximum Gasteiger partial charge on any atom is 0.254 e. The lowest BCUT2D eigenvalue weighted by molar-refractivity contribution is 0.100. The average Bonchev–Trinajstić information content (AvgIpc) is 2.99. The number of nitrogen functional groups attached to an aromatic ring is 1. The minimum absolute atomic E-state index is 0.0125. The number of ether oxygens (including phenoxy) is 1. The molecule has 2 aromatic heterocycles. The molecule has 8 nitrogen and oxygen atoms in total. The molecule has 1 amide bonds. The van der Waals surface area contributed by atoms with Crippen molar-refractivity contribution in [1.82, 2.24) is 14.8 Å². The summed E-state index contributed by atoms with van der Waals surface area (Å²) in [6, 6.07) is 7.32. The first kappa shape index (κ1) is 18.7. The van der Waals surface area contributed by atoms with Gasteiger partial charge in [0, 0.05) is 29.8 Å². The highest BCUT2D eigenvalue weighted by Gasteiger charge is 2.24. The second-order valence-corrected chi connectivity index (χ2v) is 6.29. The van der Waals surface area contributed by atoms with Crippen LogP contribution in [0, 0.1) is 0 Å². The summed E-state index contributed by atoms with van der Waals surface area (Å²) in [5.74, 6) is 0.274. The first-order chi connectivity index (χ1) is 13.0. The van der Waals surface area contributed by atoms with Crippen LogP contribution in [0.15, 0.2) is 30.5 Å². The summed E-state index contributed by atoms with van der Waals surface area (Å²) in [5.41, 5.74) is 13.6. The molecule has 142 valence electrons. The number of nitrogens with two attached hydrogens (primary N) is 2. The third-order valence-electron chi connectivity index (χ3n) is 4.40. The van der Waals surface area contributed by atoms with Gasteiger partial charge in [0.15, 0.2) is 0 Å². The monoisotopic (exact) mass is 369 g/mol. The largest absolute Gasteiger partial charge is 0.494 e. The van der Waals surface area contributed by atoms with Crippen LogP contribution in [0.2, 0.25) is 0 Å². The Kier molecular flexibility index (Phi) is 5.27. The van der Waals surface area contributed by atoms with Crippen LogP contribution >= 0.6 is 0 Å². The SMILES string of the molecule is CCOc1ccc2cc(-c3nn(C(C)CCO)c(N)c3C(N)=O)cnc2c1. The van der Waals surface area contributed by atoms with Gasteiger partial charge in [0.05, 0.1) is 18.2 Å². The van der Waals surface area contributed by atoms with Crippen molar-refractivity contribution in [2.45, 2.75) is 26.3 Å². The van der Waals surface area contributed by atoms with E-state index in [1.54, 1.807) is 6.20 Å². The molecule has 0 aliphatic rings. The highest BCUT2D eigenvalue weighted by molar-refractivity contribution is 6.03. The van der Waals surface area contributed by atoms with E-state index in [9.17, 15) is 9.90 Å². The van der Waals surface area contributed by atoms with Gasteiger partial charge in [0.2, 0.25) is 0 Å². The predicted octanol–water partition coefficient (Wildman–Crippen LogP) is 2.12. The molecular weight excluding hydrogens is 346 g/mol. The fourth-order valence-corrected chi connectivity index (χ4v) is 3.02. The van der Waals surface area contributed by atoms with E-state index in [1.165, 1.54) is 4.68 Å². The van der Waals surface area contributed by atoms with E-state index in [0.29, 0.717) is 24.3 Å². The summed E-state index contributed by atoms with van der Waals surface area (Å²) in [4.78, 5) is 16.5. The van der Waals surface area contributed by atoms with Crippen LogP contribution in [0.1, 0.15) is 36.7 Å². The normalized spacial score (nSPS) is 12.3. The zero-order valence-electron chi connectivity index (χ0n) is 15.3. The van der Waals surface area contributed by atoms with E-state index in [2.05, 4.69) is 10.1 Å². The highest BCUT2D eigenvalue weighted by Crippen LogP contribution is 2.31. The molecule has 0 fully saturated rings. The van der Waals surface area contributed by atoms with E-state index in [4.69, 9.17) is 16.2 Å². The molecular formula is C19H23N5O3. The number of carbonyl (C=O) groups is 1. The molecule has 8 heteroatoms. The lowest BCUT2D eigenvalue weighted by atomic mass is 10.1. The van der Waals surface area contributed by atoms with Gasteiger partial charge in [-0.3, -0.25) is 9.78 Å². The number of carbonyl (C=O) groups excluding carboxylic acids is 1. The van der Waals surface area contributed by atoms with Crippen LogP contribution in [-0.4, -0.2) is 39.0 Å². The Balaban J connectivity index is 2.10. The van der Waals surface area contributed by atoms with E-state index >= 15 is 0 Å². The predicted molar refractivity (Wildman–Crippen MR) is 103 cm³/mol. The van der Waals surface area contributed by atoms with Gasteiger partial charge in [0.25, 0.3) is 5.91 Å². The number of pyridine rings is 1. The average molecular weight is 369 g/mol. The molecule has 0 saturated carbocycles. The topological polar surface area (TPSA) is 129 Å². The van der Waals surface area contributed by atoms with Crippen molar-refractivity contribution in [3.63, 3.8) is 0 Å². The molecule has 0 radical (unpaired) electrons.